The number of nitrogens with zero attached hydrogens (tertiary/aromatic N) is 1. The van der Waals surface area contributed by atoms with E-state index < -0.39 is 17.2 Å². The zero-order chi connectivity index (χ0) is 20.3. The third kappa shape index (κ3) is 4.55. The summed E-state index contributed by atoms with van der Waals surface area (Å²) < 4.78 is 16.2. The molecule has 0 atom stereocenters. The van der Waals surface area contributed by atoms with Gasteiger partial charge in [-0.25, -0.2) is 4.79 Å². The molecule has 7 heteroatoms. The van der Waals surface area contributed by atoms with Crippen LogP contribution in [0.1, 0.15) is 55.0 Å². The number of ether oxygens (including phenoxy) is 3. The van der Waals surface area contributed by atoms with E-state index in [4.69, 9.17) is 14.2 Å². The molecule has 7 nitrogen and oxygen atoms in total. The van der Waals surface area contributed by atoms with E-state index in [1.165, 1.54) is 12.1 Å². The number of hydrogen-bond acceptors (Lipinski definition) is 6. The van der Waals surface area contributed by atoms with Gasteiger partial charge in [0.25, 0.3) is 0 Å². The Labute approximate surface area is 163 Å². The maximum atomic E-state index is 12.4. The van der Waals surface area contributed by atoms with Crippen LogP contribution in [-0.2, 0) is 14.9 Å². The largest absolute Gasteiger partial charge is 0.416 e. The molecule has 2 aromatic rings. The molecule has 1 fully saturated rings. The summed E-state index contributed by atoms with van der Waals surface area (Å²) in [5.41, 5.74) is 1.56. The molecular weight excluding hydrogens is 362 g/mol. The number of rotatable bonds is 4. The molecule has 0 aliphatic carbocycles. The van der Waals surface area contributed by atoms with E-state index in [9.17, 15) is 14.9 Å². The van der Waals surface area contributed by atoms with Crippen LogP contribution < -0.4 is 4.74 Å². The van der Waals surface area contributed by atoms with Crippen molar-refractivity contribution in [2.75, 3.05) is 13.2 Å². The molecule has 1 aliphatic heterocycles. The number of carbonyl (C=O) groups is 1. The van der Waals surface area contributed by atoms with Gasteiger partial charge in [-0.15, -0.1) is 0 Å². The lowest BCUT2D eigenvalue weighted by molar-refractivity contribution is -0.385. The molecule has 0 bridgehead atoms. The molecular formula is C21H23NO6. The van der Waals surface area contributed by atoms with E-state index in [0.717, 1.165) is 12.0 Å². The van der Waals surface area contributed by atoms with E-state index in [2.05, 4.69) is 20.8 Å². The van der Waals surface area contributed by atoms with Crippen molar-refractivity contribution < 1.29 is 23.9 Å². The highest BCUT2D eigenvalue weighted by Crippen LogP contribution is 2.33. The Morgan fingerprint density at radius 1 is 1.11 bits per heavy atom. The van der Waals surface area contributed by atoms with Crippen LogP contribution in [0.3, 0.4) is 0 Å². The van der Waals surface area contributed by atoms with Crippen molar-refractivity contribution in [1.29, 1.82) is 0 Å². The maximum Gasteiger partial charge on any atom is 0.343 e. The van der Waals surface area contributed by atoms with Crippen molar-refractivity contribution >= 4 is 11.7 Å². The molecule has 0 spiro atoms. The summed E-state index contributed by atoms with van der Waals surface area (Å²) in [6.45, 7) is 7.28. The highest BCUT2D eigenvalue weighted by Gasteiger charge is 2.24. The summed E-state index contributed by atoms with van der Waals surface area (Å²) in [4.78, 5) is 23.3. The molecule has 1 heterocycles. The van der Waals surface area contributed by atoms with Crippen molar-refractivity contribution in [3.63, 3.8) is 0 Å². The van der Waals surface area contributed by atoms with E-state index in [1.54, 1.807) is 18.2 Å². The Kier molecular flexibility index (Phi) is 5.76. The average Bonchev–Trinajstić information content (AvgIpc) is 2.68. The van der Waals surface area contributed by atoms with Crippen LogP contribution in [0.5, 0.6) is 5.75 Å². The number of esters is 1. The number of carbonyl (C=O) groups excluding carboxylic acids is 1. The van der Waals surface area contributed by atoms with Crippen LogP contribution >= 0.6 is 0 Å². The van der Waals surface area contributed by atoms with Gasteiger partial charge in [0.1, 0.15) is 0 Å². The second kappa shape index (κ2) is 8.08. The topological polar surface area (TPSA) is 87.9 Å². The molecule has 148 valence electrons. The molecule has 1 aliphatic rings. The van der Waals surface area contributed by atoms with E-state index in [-0.39, 0.29) is 16.9 Å². The number of nitro groups is 1. The lowest BCUT2D eigenvalue weighted by Crippen LogP contribution is -2.18. The number of nitro benzene ring substituents is 1. The highest BCUT2D eigenvalue weighted by atomic mass is 16.7. The minimum atomic E-state index is -0.651. The molecule has 2 aromatic carbocycles. The fourth-order valence-corrected chi connectivity index (χ4v) is 2.86. The van der Waals surface area contributed by atoms with E-state index >= 15 is 0 Å². The number of hydrogen-bond donors (Lipinski definition) is 0. The van der Waals surface area contributed by atoms with Crippen LogP contribution in [0.4, 0.5) is 5.69 Å². The second-order valence-corrected chi connectivity index (χ2v) is 7.63. The standard InChI is InChI=1S/C21H23NO6/c1-21(2,3)16-8-5-14(6-9-16)19(23)28-18-10-7-15(13-17(18)22(24)25)20-26-11-4-12-27-20/h5-10,13,20H,4,11-12H2,1-3H3. The van der Waals surface area contributed by atoms with Crippen LogP contribution in [0, 0.1) is 10.1 Å². The summed E-state index contributed by atoms with van der Waals surface area (Å²) in [6, 6.07) is 11.4. The summed E-state index contributed by atoms with van der Waals surface area (Å²) in [6.07, 6.45) is 0.129. The van der Waals surface area contributed by atoms with Crippen LogP contribution in [0.15, 0.2) is 42.5 Å². The minimum Gasteiger partial charge on any atom is -0.416 e. The van der Waals surface area contributed by atoms with Crippen molar-refractivity contribution in [3.8, 4) is 5.75 Å². The Morgan fingerprint density at radius 3 is 2.32 bits per heavy atom. The molecule has 0 amide bonds. The maximum absolute atomic E-state index is 12.4. The Balaban J connectivity index is 1.80. The molecule has 1 saturated heterocycles. The first-order valence-electron chi connectivity index (χ1n) is 9.10. The van der Waals surface area contributed by atoms with Gasteiger partial charge >= 0.3 is 11.7 Å². The fraction of sp³-hybridized carbons (Fsp3) is 0.381. The van der Waals surface area contributed by atoms with Gasteiger partial charge in [-0.05, 0) is 41.7 Å². The summed E-state index contributed by atoms with van der Waals surface area (Å²) in [7, 11) is 0. The summed E-state index contributed by atoms with van der Waals surface area (Å²) >= 11 is 0. The smallest absolute Gasteiger partial charge is 0.343 e. The zero-order valence-electron chi connectivity index (χ0n) is 16.1. The lowest BCUT2D eigenvalue weighted by Gasteiger charge is -2.23. The summed E-state index contributed by atoms with van der Waals surface area (Å²) in [5, 5.41) is 11.5. The Bertz CT molecular complexity index is 863. The summed E-state index contributed by atoms with van der Waals surface area (Å²) in [5.74, 6) is -0.768. The van der Waals surface area contributed by atoms with Gasteiger partial charge in [0, 0.05) is 11.6 Å². The SMILES string of the molecule is CC(C)(C)c1ccc(C(=O)Oc2ccc(C3OCCCO3)cc2[N+](=O)[O-])cc1. The number of benzene rings is 2. The monoisotopic (exact) mass is 385 g/mol. The minimum absolute atomic E-state index is 0.0414. The first kappa shape index (κ1) is 20.0. The molecule has 0 unspecified atom stereocenters. The molecule has 28 heavy (non-hydrogen) atoms. The molecule has 0 aromatic heterocycles. The van der Waals surface area contributed by atoms with Gasteiger partial charge in [-0.2, -0.15) is 0 Å². The average molecular weight is 385 g/mol. The van der Waals surface area contributed by atoms with Crippen molar-refractivity contribution in [2.24, 2.45) is 0 Å². The van der Waals surface area contributed by atoms with Gasteiger partial charge in [-0.1, -0.05) is 32.9 Å². The van der Waals surface area contributed by atoms with Gasteiger partial charge in [0.15, 0.2) is 6.29 Å². The van der Waals surface area contributed by atoms with Crippen molar-refractivity contribution in [1.82, 2.24) is 0 Å². The van der Waals surface area contributed by atoms with Crippen LogP contribution in [0.25, 0.3) is 0 Å². The van der Waals surface area contributed by atoms with Crippen LogP contribution in [0.2, 0.25) is 0 Å². The first-order chi connectivity index (χ1) is 13.3. The van der Waals surface area contributed by atoms with Crippen molar-refractivity contribution in [3.05, 3.63) is 69.3 Å². The van der Waals surface area contributed by atoms with E-state index in [0.29, 0.717) is 24.3 Å². The molecule has 0 radical (unpaired) electrons. The van der Waals surface area contributed by atoms with E-state index in [1.807, 2.05) is 12.1 Å². The highest BCUT2D eigenvalue weighted by molar-refractivity contribution is 5.91. The van der Waals surface area contributed by atoms with Gasteiger partial charge in [0.2, 0.25) is 5.75 Å². The van der Waals surface area contributed by atoms with Crippen LogP contribution in [-0.4, -0.2) is 24.1 Å². The predicted octanol–water partition coefficient (Wildman–Crippen LogP) is 4.55. The predicted molar refractivity (Wildman–Crippen MR) is 102 cm³/mol. The normalized spacial score (nSPS) is 15.2. The molecule has 3 rings (SSSR count). The Morgan fingerprint density at radius 2 is 1.75 bits per heavy atom. The third-order valence-corrected chi connectivity index (χ3v) is 4.47. The second-order valence-electron chi connectivity index (χ2n) is 7.63. The fourth-order valence-electron chi connectivity index (χ4n) is 2.86. The van der Waals surface area contributed by atoms with Gasteiger partial charge < -0.3 is 14.2 Å². The zero-order valence-corrected chi connectivity index (χ0v) is 16.1. The Hall–Kier alpha value is -2.77. The lowest BCUT2D eigenvalue weighted by atomic mass is 9.87. The van der Waals surface area contributed by atoms with Gasteiger partial charge in [-0.3, -0.25) is 10.1 Å². The molecule has 0 N–H and O–H groups in total. The quantitative estimate of drug-likeness (QED) is 0.332. The van der Waals surface area contributed by atoms with Crippen molar-refractivity contribution in [2.45, 2.75) is 38.9 Å². The molecule has 0 saturated carbocycles. The third-order valence-electron chi connectivity index (χ3n) is 4.47. The first-order valence-corrected chi connectivity index (χ1v) is 9.10. The van der Waals surface area contributed by atoms with Gasteiger partial charge in [0.05, 0.1) is 23.7 Å².